The maximum Gasteiger partial charge on any atom is 0.238 e. The molecule has 7 heteroatoms. The summed E-state index contributed by atoms with van der Waals surface area (Å²) in [7, 11) is -1.72. The molecule has 0 saturated heterocycles. The molecule has 0 amide bonds. The summed E-state index contributed by atoms with van der Waals surface area (Å²) in [6.45, 7) is 1.80. The Morgan fingerprint density at radius 2 is 2.19 bits per heavy atom. The molecule has 1 aromatic carbocycles. The largest absolute Gasteiger partial charge is 0.371 e. The number of aromatic nitrogens is 2. The third-order valence-electron chi connectivity index (χ3n) is 3.80. The average Bonchev–Trinajstić information content (AvgIpc) is 3.01. The predicted molar refractivity (Wildman–Crippen MR) is 80.6 cm³/mol. The van der Waals surface area contributed by atoms with Gasteiger partial charge in [-0.2, -0.15) is 5.10 Å². The fourth-order valence-corrected chi connectivity index (χ4v) is 3.28. The van der Waals surface area contributed by atoms with Gasteiger partial charge in [-0.25, -0.2) is 13.6 Å². The minimum atomic E-state index is -3.62. The molecule has 21 heavy (non-hydrogen) atoms. The Balaban J connectivity index is 1.75. The fourth-order valence-electron chi connectivity index (χ4n) is 2.72. The van der Waals surface area contributed by atoms with Gasteiger partial charge in [0.05, 0.1) is 11.1 Å². The summed E-state index contributed by atoms with van der Waals surface area (Å²) < 4.78 is 24.6. The monoisotopic (exact) mass is 306 g/mol. The van der Waals surface area contributed by atoms with Gasteiger partial charge in [0.1, 0.15) is 0 Å². The maximum absolute atomic E-state index is 11.4. The van der Waals surface area contributed by atoms with Gasteiger partial charge in [0, 0.05) is 32.0 Å². The lowest BCUT2D eigenvalue weighted by Crippen LogP contribution is -2.23. The molecule has 6 nitrogen and oxygen atoms in total. The Morgan fingerprint density at radius 3 is 2.86 bits per heavy atom. The van der Waals surface area contributed by atoms with E-state index in [1.54, 1.807) is 16.8 Å². The summed E-state index contributed by atoms with van der Waals surface area (Å²) >= 11 is 0. The number of sulfonamides is 1. The van der Waals surface area contributed by atoms with Gasteiger partial charge in [-0.15, -0.1) is 0 Å². The van der Waals surface area contributed by atoms with E-state index in [1.165, 1.54) is 5.56 Å². The molecule has 0 radical (unpaired) electrons. The van der Waals surface area contributed by atoms with Gasteiger partial charge in [-0.05, 0) is 42.2 Å². The molecule has 0 aliphatic carbocycles. The van der Waals surface area contributed by atoms with Crippen molar-refractivity contribution in [1.29, 1.82) is 0 Å². The van der Waals surface area contributed by atoms with Crippen LogP contribution in [0.3, 0.4) is 0 Å². The zero-order valence-corrected chi connectivity index (χ0v) is 12.7. The van der Waals surface area contributed by atoms with Crippen LogP contribution in [0.15, 0.2) is 35.5 Å². The van der Waals surface area contributed by atoms with Gasteiger partial charge in [-0.1, -0.05) is 0 Å². The summed E-state index contributed by atoms with van der Waals surface area (Å²) in [5, 5.41) is 9.33. The van der Waals surface area contributed by atoms with Crippen LogP contribution in [-0.4, -0.2) is 31.3 Å². The summed E-state index contributed by atoms with van der Waals surface area (Å²) in [6, 6.07) is 5.12. The topological polar surface area (TPSA) is 81.2 Å². The van der Waals surface area contributed by atoms with Crippen molar-refractivity contribution < 1.29 is 8.42 Å². The number of nitrogens with zero attached hydrogens (tertiary/aromatic N) is 3. The van der Waals surface area contributed by atoms with E-state index in [2.05, 4.69) is 10.00 Å². The molecular formula is C14H18N4O2S. The van der Waals surface area contributed by atoms with Gasteiger partial charge in [-0.3, -0.25) is 4.68 Å². The first kappa shape index (κ1) is 14.1. The lowest BCUT2D eigenvalue weighted by molar-refractivity contribution is 0.597. The molecular weight excluding hydrogens is 288 g/mol. The molecule has 0 unspecified atom stereocenters. The first-order valence-electron chi connectivity index (χ1n) is 6.82. The van der Waals surface area contributed by atoms with Gasteiger partial charge in [0.2, 0.25) is 10.0 Å². The maximum atomic E-state index is 11.4. The second-order valence-corrected chi connectivity index (χ2v) is 6.91. The molecule has 0 bridgehead atoms. The molecule has 1 aliphatic rings. The lowest BCUT2D eigenvalue weighted by Gasteiger charge is -2.19. The van der Waals surface area contributed by atoms with Crippen LogP contribution < -0.4 is 10.0 Å². The number of rotatable bonds is 4. The second-order valence-electron chi connectivity index (χ2n) is 5.34. The van der Waals surface area contributed by atoms with Gasteiger partial charge in [0.25, 0.3) is 0 Å². The second kappa shape index (κ2) is 5.16. The minimum absolute atomic E-state index is 0.190. The van der Waals surface area contributed by atoms with Crippen molar-refractivity contribution in [1.82, 2.24) is 9.78 Å². The van der Waals surface area contributed by atoms with Crippen molar-refractivity contribution in [3.63, 3.8) is 0 Å². The Hall–Kier alpha value is -1.86. The van der Waals surface area contributed by atoms with E-state index in [0.717, 1.165) is 37.2 Å². The van der Waals surface area contributed by atoms with Crippen LogP contribution in [0.1, 0.15) is 11.1 Å². The SMILES string of the molecule is Cn1cc(CCN2CCc3cc(S(N)(=O)=O)ccc32)cn1. The molecule has 1 aromatic heterocycles. The number of fused-ring (bicyclic) bond motifs is 1. The van der Waals surface area contributed by atoms with Crippen molar-refractivity contribution in [3.8, 4) is 0 Å². The highest BCUT2D eigenvalue weighted by atomic mass is 32.2. The van der Waals surface area contributed by atoms with Gasteiger partial charge < -0.3 is 4.90 Å². The number of hydrogen-bond acceptors (Lipinski definition) is 4. The Labute approximate surface area is 124 Å². The van der Waals surface area contributed by atoms with Crippen LogP contribution >= 0.6 is 0 Å². The van der Waals surface area contributed by atoms with Crippen LogP contribution in [0.2, 0.25) is 0 Å². The average molecular weight is 306 g/mol. The standard InChI is InChI=1S/C14H18N4O2S/c1-17-10-11(9-16-17)4-6-18-7-5-12-8-13(21(15,19)20)2-3-14(12)18/h2-3,8-10H,4-7H2,1H3,(H2,15,19,20). The molecule has 0 atom stereocenters. The Morgan fingerprint density at radius 1 is 1.38 bits per heavy atom. The summed E-state index contributed by atoms with van der Waals surface area (Å²) in [5.74, 6) is 0. The first-order chi connectivity index (χ1) is 9.93. The molecule has 0 saturated carbocycles. The zero-order chi connectivity index (χ0) is 15.0. The third kappa shape index (κ3) is 2.93. The van der Waals surface area contributed by atoms with E-state index in [-0.39, 0.29) is 4.90 Å². The summed E-state index contributed by atoms with van der Waals surface area (Å²) in [6.07, 6.45) is 5.66. The highest BCUT2D eigenvalue weighted by Gasteiger charge is 2.21. The Bertz CT molecular complexity index is 767. The van der Waals surface area contributed by atoms with Crippen LogP contribution in [-0.2, 0) is 29.9 Å². The van der Waals surface area contributed by atoms with Crippen LogP contribution in [0, 0.1) is 0 Å². The van der Waals surface area contributed by atoms with E-state index in [9.17, 15) is 8.42 Å². The summed E-state index contributed by atoms with van der Waals surface area (Å²) in [5.41, 5.74) is 3.35. The first-order valence-corrected chi connectivity index (χ1v) is 8.36. The third-order valence-corrected chi connectivity index (χ3v) is 4.71. The molecule has 0 spiro atoms. The van der Waals surface area contributed by atoms with Crippen molar-refractivity contribution >= 4 is 15.7 Å². The number of hydrogen-bond donors (Lipinski definition) is 1. The normalized spacial score (nSPS) is 14.5. The molecule has 2 heterocycles. The van der Waals surface area contributed by atoms with Crippen molar-refractivity contribution in [3.05, 3.63) is 41.7 Å². The van der Waals surface area contributed by atoms with Gasteiger partial charge >= 0.3 is 0 Å². The lowest BCUT2D eigenvalue weighted by atomic mass is 10.2. The molecule has 2 aromatic rings. The van der Waals surface area contributed by atoms with Crippen molar-refractivity contribution in [2.45, 2.75) is 17.7 Å². The van der Waals surface area contributed by atoms with E-state index in [4.69, 9.17) is 5.14 Å². The number of primary sulfonamides is 1. The van der Waals surface area contributed by atoms with E-state index >= 15 is 0 Å². The van der Waals surface area contributed by atoms with E-state index in [1.807, 2.05) is 25.5 Å². The quantitative estimate of drug-likeness (QED) is 0.900. The molecule has 112 valence electrons. The molecule has 2 N–H and O–H groups in total. The summed E-state index contributed by atoms with van der Waals surface area (Å²) in [4.78, 5) is 2.46. The molecule has 1 aliphatic heterocycles. The van der Waals surface area contributed by atoms with Gasteiger partial charge in [0.15, 0.2) is 0 Å². The number of nitrogens with two attached hydrogens (primary N) is 1. The van der Waals surface area contributed by atoms with Crippen molar-refractivity contribution in [2.75, 3.05) is 18.0 Å². The van der Waals surface area contributed by atoms with Crippen LogP contribution in [0.4, 0.5) is 5.69 Å². The van der Waals surface area contributed by atoms with Crippen LogP contribution in [0.25, 0.3) is 0 Å². The molecule has 0 fully saturated rings. The fraction of sp³-hybridized carbons (Fsp3) is 0.357. The predicted octanol–water partition coefficient (Wildman–Crippen LogP) is 0.673. The van der Waals surface area contributed by atoms with E-state index < -0.39 is 10.0 Å². The highest BCUT2D eigenvalue weighted by Crippen LogP contribution is 2.29. The number of aryl methyl sites for hydroxylation is 1. The number of benzene rings is 1. The Kier molecular flexibility index (Phi) is 3.46. The minimum Gasteiger partial charge on any atom is -0.371 e. The van der Waals surface area contributed by atoms with Crippen molar-refractivity contribution in [2.24, 2.45) is 12.2 Å². The number of anilines is 1. The zero-order valence-electron chi connectivity index (χ0n) is 11.9. The molecule has 3 rings (SSSR count). The highest BCUT2D eigenvalue weighted by molar-refractivity contribution is 7.89. The smallest absolute Gasteiger partial charge is 0.238 e. The van der Waals surface area contributed by atoms with Crippen LogP contribution in [0.5, 0.6) is 0 Å². The van der Waals surface area contributed by atoms with E-state index in [0.29, 0.717) is 0 Å².